The van der Waals surface area contributed by atoms with Gasteiger partial charge in [-0.3, -0.25) is 0 Å². The van der Waals surface area contributed by atoms with Crippen LogP contribution in [-0.2, 0) is 22.5 Å². The minimum atomic E-state index is -0.502. The number of aryl methyl sites for hydroxylation is 1. The van der Waals surface area contributed by atoms with E-state index in [4.69, 9.17) is 9.47 Å². The van der Waals surface area contributed by atoms with E-state index in [0.29, 0.717) is 26.2 Å². The molecule has 0 spiro atoms. The lowest BCUT2D eigenvalue weighted by atomic mass is 10.1. The van der Waals surface area contributed by atoms with Gasteiger partial charge in [-0.1, -0.05) is 60.7 Å². The lowest BCUT2D eigenvalue weighted by Gasteiger charge is -2.09. The molecule has 0 fully saturated rings. The van der Waals surface area contributed by atoms with Crippen LogP contribution in [0.3, 0.4) is 0 Å². The van der Waals surface area contributed by atoms with Crippen molar-refractivity contribution >= 4 is 0 Å². The fourth-order valence-electron chi connectivity index (χ4n) is 2.31. The average molecular weight is 326 g/mol. The molecule has 128 valence electrons. The van der Waals surface area contributed by atoms with Gasteiger partial charge in [0.2, 0.25) is 0 Å². The summed E-state index contributed by atoms with van der Waals surface area (Å²) >= 11 is 0. The van der Waals surface area contributed by atoms with Gasteiger partial charge >= 0.3 is 0 Å². The topological polar surface area (TPSA) is 38.7 Å². The Morgan fingerprint density at radius 2 is 1.58 bits per heavy atom. The van der Waals surface area contributed by atoms with Crippen LogP contribution in [0, 0.1) is 0 Å². The molecule has 3 heteroatoms. The van der Waals surface area contributed by atoms with E-state index in [1.165, 1.54) is 5.56 Å². The third kappa shape index (κ3) is 7.95. The van der Waals surface area contributed by atoms with E-state index in [2.05, 4.69) is 24.3 Å². The highest BCUT2D eigenvalue weighted by molar-refractivity contribution is 5.14. The molecule has 0 aromatic heterocycles. The summed E-state index contributed by atoms with van der Waals surface area (Å²) < 4.78 is 10.9. The Morgan fingerprint density at radius 1 is 0.917 bits per heavy atom. The van der Waals surface area contributed by atoms with E-state index >= 15 is 0 Å². The number of aliphatic hydroxyl groups is 1. The second-order valence-corrected chi connectivity index (χ2v) is 5.72. The molecule has 1 unspecified atom stereocenters. The Labute approximate surface area is 144 Å². The van der Waals surface area contributed by atoms with Gasteiger partial charge in [0.05, 0.1) is 32.2 Å². The molecule has 0 aliphatic carbocycles. The smallest absolute Gasteiger partial charge is 0.0876 e. The molecule has 0 aliphatic rings. The number of aliphatic hydroxyl groups excluding tert-OH is 1. The highest BCUT2D eigenvalue weighted by atomic mass is 16.5. The summed E-state index contributed by atoms with van der Waals surface area (Å²) in [5.74, 6) is 0. The first kappa shape index (κ1) is 18.2. The van der Waals surface area contributed by atoms with E-state index in [-0.39, 0.29) is 0 Å². The van der Waals surface area contributed by atoms with Crippen molar-refractivity contribution in [1.82, 2.24) is 0 Å². The van der Waals surface area contributed by atoms with Crippen molar-refractivity contribution in [2.45, 2.75) is 32.0 Å². The zero-order valence-corrected chi connectivity index (χ0v) is 14.0. The molecule has 0 radical (unpaired) electrons. The molecule has 2 rings (SSSR count). The Bertz CT molecular complexity index is 566. The van der Waals surface area contributed by atoms with Gasteiger partial charge in [0.1, 0.15) is 0 Å². The van der Waals surface area contributed by atoms with Crippen molar-refractivity contribution in [1.29, 1.82) is 0 Å². The summed E-state index contributed by atoms with van der Waals surface area (Å²) in [4.78, 5) is 0. The maximum Gasteiger partial charge on any atom is 0.0876 e. The second kappa shape index (κ2) is 11.4. The normalized spacial score (nSPS) is 12.4. The lowest BCUT2D eigenvalue weighted by molar-refractivity contribution is 0.0298. The monoisotopic (exact) mass is 326 g/mol. The van der Waals surface area contributed by atoms with Crippen molar-refractivity contribution in [2.75, 3.05) is 13.2 Å². The van der Waals surface area contributed by atoms with E-state index < -0.39 is 6.10 Å². The highest BCUT2D eigenvalue weighted by Crippen LogP contribution is 2.04. The van der Waals surface area contributed by atoms with Crippen LogP contribution in [-0.4, -0.2) is 24.4 Å². The van der Waals surface area contributed by atoms with Crippen LogP contribution in [0.2, 0.25) is 0 Å². The largest absolute Gasteiger partial charge is 0.502 e. The van der Waals surface area contributed by atoms with Gasteiger partial charge in [-0.05, 0) is 36.5 Å². The zero-order chi connectivity index (χ0) is 16.9. The van der Waals surface area contributed by atoms with E-state index in [1.54, 1.807) is 6.26 Å². The molecule has 0 saturated carbocycles. The molecule has 0 saturated heterocycles. The molecular weight excluding hydrogens is 300 g/mol. The molecule has 2 aromatic carbocycles. The summed E-state index contributed by atoms with van der Waals surface area (Å²) in [7, 11) is 0. The number of benzene rings is 2. The molecule has 1 atom stereocenters. The Balaban J connectivity index is 1.47. The van der Waals surface area contributed by atoms with Crippen molar-refractivity contribution in [3.63, 3.8) is 0 Å². The summed E-state index contributed by atoms with van der Waals surface area (Å²) in [6.45, 7) is 1.54. The quantitative estimate of drug-likeness (QED) is 0.499. The number of hydrogen-bond acceptors (Lipinski definition) is 3. The first-order chi connectivity index (χ1) is 11.8. The van der Waals surface area contributed by atoms with Crippen LogP contribution in [0.25, 0.3) is 0 Å². The molecule has 0 amide bonds. The first-order valence-corrected chi connectivity index (χ1v) is 8.45. The Morgan fingerprint density at radius 3 is 2.29 bits per heavy atom. The van der Waals surface area contributed by atoms with Gasteiger partial charge in [-0.25, -0.2) is 0 Å². The van der Waals surface area contributed by atoms with Gasteiger partial charge in [0, 0.05) is 0 Å². The van der Waals surface area contributed by atoms with Gasteiger partial charge in [0.15, 0.2) is 0 Å². The number of rotatable bonds is 11. The summed E-state index contributed by atoms with van der Waals surface area (Å²) in [5.41, 5.74) is 2.44. The van der Waals surface area contributed by atoms with Crippen molar-refractivity contribution < 1.29 is 14.6 Å². The molecular formula is C21H26O3. The van der Waals surface area contributed by atoms with Crippen LogP contribution in [0.5, 0.6) is 0 Å². The third-order valence-corrected chi connectivity index (χ3v) is 3.59. The van der Waals surface area contributed by atoms with Crippen molar-refractivity contribution in [3.8, 4) is 0 Å². The van der Waals surface area contributed by atoms with Crippen LogP contribution >= 0.6 is 0 Å². The highest BCUT2D eigenvalue weighted by Gasteiger charge is 2.02. The van der Waals surface area contributed by atoms with Gasteiger partial charge in [-0.2, -0.15) is 0 Å². The van der Waals surface area contributed by atoms with E-state index in [0.717, 1.165) is 18.4 Å². The van der Waals surface area contributed by atoms with E-state index in [9.17, 15) is 5.11 Å². The lowest BCUT2D eigenvalue weighted by Crippen LogP contribution is -2.14. The van der Waals surface area contributed by atoms with Crippen LogP contribution in [0.1, 0.15) is 24.0 Å². The van der Waals surface area contributed by atoms with Crippen LogP contribution in [0.15, 0.2) is 73.0 Å². The minimum absolute atomic E-state index is 0.327. The summed E-state index contributed by atoms with van der Waals surface area (Å²) in [5, 5.41) is 9.85. The molecule has 2 aromatic rings. The van der Waals surface area contributed by atoms with Crippen LogP contribution in [0.4, 0.5) is 0 Å². The molecule has 1 N–H and O–H groups in total. The molecule has 0 bridgehead atoms. The standard InChI is InChI=1S/C21H26O3/c22-21(18-24-17-20-11-5-2-6-12-20)14-8-16-23-15-7-13-19-9-3-1-4-10-19/h1-6,8-12,16,21-22H,7,13-15,17-18H2/b16-8+. The third-order valence-electron chi connectivity index (χ3n) is 3.59. The van der Waals surface area contributed by atoms with Crippen molar-refractivity contribution in [2.24, 2.45) is 0 Å². The molecule has 0 aliphatic heterocycles. The predicted molar refractivity (Wildman–Crippen MR) is 96.6 cm³/mol. The Kier molecular flexibility index (Phi) is 8.69. The molecule has 24 heavy (non-hydrogen) atoms. The Hall–Kier alpha value is -2.10. The van der Waals surface area contributed by atoms with Crippen LogP contribution < -0.4 is 0 Å². The second-order valence-electron chi connectivity index (χ2n) is 5.72. The predicted octanol–water partition coefficient (Wildman–Crippen LogP) is 4.12. The minimum Gasteiger partial charge on any atom is -0.502 e. The zero-order valence-electron chi connectivity index (χ0n) is 14.0. The fraction of sp³-hybridized carbons (Fsp3) is 0.333. The number of ether oxygens (including phenoxy) is 2. The SMILES string of the molecule is OC(C/C=C/OCCCc1ccccc1)COCc1ccccc1. The van der Waals surface area contributed by atoms with Gasteiger partial charge in [0.25, 0.3) is 0 Å². The van der Waals surface area contributed by atoms with Gasteiger partial charge < -0.3 is 14.6 Å². The maximum absolute atomic E-state index is 9.85. The number of hydrogen-bond donors (Lipinski definition) is 1. The van der Waals surface area contributed by atoms with E-state index in [1.807, 2.05) is 42.5 Å². The van der Waals surface area contributed by atoms with Crippen molar-refractivity contribution in [3.05, 3.63) is 84.1 Å². The maximum atomic E-state index is 9.85. The average Bonchev–Trinajstić information content (AvgIpc) is 2.63. The first-order valence-electron chi connectivity index (χ1n) is 8.45. The summed E-state index contributed by atoms with van der Waals surface area (Å²) in [6, 6.07) is 20.3. The molecule has 0 heterocycles. The summed E-state index contributed by atoms with van der Waals surface area (Å²) in [6.07, 6.45) is 5.55. The fourth-order valence-corrected chi connectivity index (χ4v) is 2.31. The van der Waals surface area contributed by atoms with Gasteiger partial charge in [-0.15, -0.1) is 0 Å². The molecule has 3 nitrogen and oxygen atoms in total.